The summed E-state index contributed by atoms with van der Waals surface area (Å²) in [4.78, 5) is 14.1. The van der Waals surface area contributed by atoms with Crippen LogP contribution in [0.25, 0.3) is 0 Å². The van der Waals surface area contributed by atoms with Crippen LogP contribution in [0, 0.1) is 5.41 Å². The predicted molar refractivity (Wildman–Crippen MR) is 90.8 cm³/mol. The van der Waals surface area contributed by atoms with Crippen molar-refractivity contribution in [1.29, 1.82) is 0 Å². The number of hydrogen-bond donors (Lipinski definition) is 2. The molecule has 0 spiro atoms. The summed E-state index contributed by atoms with van der Waals surface area (Å²) in [7, 11) is 0. The van der Waals surface area contributed by atoms with Gasteiger partial charge in [0.25, 0.3) is 0 Å². The molecule has 110 valence electrons. The van der Waals surface area contributed by atoms with Crippen molar-refractivity contribution >= 4 is 50.4 Å². The lowest BCUT2D eigenvalue weighted by atomic mass is 9.79. The zero-order valence-corrected chi connectivity index (χ0v) is 14.5. The molecule has 0 bridgehead atoms. The number of thiophene rings is 1. The first-order valence-corrected chi connectivity index (χ1v) is 8.94. The zero-order valence-electron chi connectivity index (χ0n) is 11.3. The molecule has 1 amide bonds. The van der Waals surface area contributed by atoms with Crippen molar-refractivity contribution in [3.63, 3.8) is 0 Å². The summed E-state index contributed by atoms with van der Waals surface area (Å²) < 4.78 is 1.04. The maximum absolute atomic E-state index is 12.6. The van der Waals surface area contributed by atoms with Crippen molar-refractivity contribution in [1.82, 2.24) is 5.32 Å². The van der Waals surface area contributed by atoms with Gasteiger partial charge >= 0.3 is 0 Å². The van der Waals surface area contributed by atoms with Gasteiger partial charge in [-0.25, -0.2) is 0 Å². The molecule has 1 aromatic heterocycles. The van der Waals surface area contributed by atoms with Crippen molar-refractivity contribution < 1.29 is 4.79 Å². The largest absolute Gasteiger partial charge is 0.392 e. The minimum absolute atomic E-state index is 0.00722. The van der Waals surface area contributed by atoms with Crippen molar-refractivity contribution in [3.05, 3.63) is 20.8 Å². The lowest BCUT2D eigenvalue weighted by molar-refractivity contribution is -0.128. The molecule has 1 heterocycles. The molecule has 3 N–H and O–H groups in total. The third-order valence-electron chi connectivity index (χ3n) is 3.96. The Morgan fingerprint density at radius 2 is 2.05 bits per heavy atom. The van der Waals surface area contributed by atoms with Crippen molar-refractivity contribution in [2.24, 2.45) is 11.1 Å². The molecule has 1 aromatic rings. The Kier molecular flexibility index (Phi) is 5.57. The fourth-order valence-corrected chi connectivity index (χ4v) is 4.43. The predicted octanol–water partition coefficient (Wildman–Crippen LogP) is 3.75. The molecule has 0 atom stereocenters. The molecule has 2 rings (SSSR count). The molecule has 0 saturated heterocycles. The Bertz CT molecular complexity index is 493. The van der Waals surface area contributed by atoms with Crippen molar-refractivity contribution in [3.8, 4) is 0 Å². The molecule has 0 radical (unpaired) electrons. The second-order valence-corrected chi connectivity index (χ2v) is 7.53. The number of nitrogens with two attached hydrogens (primary N) is 1. The summed E-state index contributed by atoms with van der Waals surface area (Å²) in [5, 5.41) is 5.02. The summed E-state index contributed by atoms with van der Waals surface area (Å²) in [5.74, 6) is -0.00722. The Labute approximate surface area is 137 Å². The fourth-order valence-electron chi connectivity index (χ4n) is 2.70. The van der Waals surface area contributed by atoms with Gasteiger partial charge < -0.3 is 11.1 Å². The van der Waals surface area contributed by atoms with Crippen LogP contribution in [0.3, 0.4) is 0 Å². The average molecular weight is 375 g/mol. The van der Waals surface area contributed by atoms with E-state index in [-0.39, 0.29) is 5.91 Å². The van der Waals surface area contributed by atoms with Crippen LogP contribution < -0.4 is 11.1 Å². The fraction of sp³-hybridized carbons (Fsp3) is 0.571. The monoisotopic (exact) mass is 374 g/mol. The van der Waals surface area contributed by atoms with Crippen LogP contribution in [0.4, 0.5) is 0 Å². The molecular formula is C14H19BrN2OS2. The van der Waals surface area contributed by atoms with Crippen LogP contribution in [0.5, 0.6) is 0 Å². The van der Waals surface area contributed by atoms with Gasteiger partial charge in [-0.05, 0) is 40.2 Å². The first-order valence-electron chi connectivity index (χ1n) is 6.86. The lowest BCUT2D eigenvalue weighted by Crippen LogP contribution is -2.48. The van der Waals surface area contributed by atoms with E-state index >= 15 is 0 Å². The summed E-state index contributed by atoms with van der Waals surface area (Å²) in [6.45, 7) is 0.529. The molecule has 0 aliphatic heterocycles. The van der Waals surface area contributed by atoms with Crippen LogP contribution in [-0.4, -0.2) is 10.9 Å². The highest BCUT2D eigenvalue weighted by Gasteiger charge is 2.41. The smallest absolute Gasteiger partial charge is 0.233 e. The van der Waals surface area contributed by atoms with Gasteiger partial charge in [0, 0.05) is 9.35 Å². The molecule has 20 heavy (non-hydrogen) atoms. The maximum Gasteiger partial charge on any atom is 0.233 e. The number of halogens is 1. The summed E-state index contributed by atoms with van der Waals surface area (Å²) >= 11 is 10.3. The van der Waals surface area contributed by atoms with Gasteiger partial charge in [0.15, 0.2) is 0 Å². The quantitative estimate of drug-likeness (QED) is 0.623. The number of rotatable bonds is 4. The third kappa shape index (κ3) is 3.40. The number of carbonyl (C=O) groups excluding carboxylic acids is 1. The van der Waals surface area contributed by atoms with Crippen molar-refractivity contribution in [2.75, 3.05) is 0 Å². The highest BCUT2D eigenvalue weighted by atomic mass is 79.9. The SMILES string of the molecule is NC(=S)C1(C(=O)NCc2sccc2Br)CCCCCC1. The molecule has 1 fully saturated rings. The van der Waals surface area contributed by atoms with E-state index in [1.54, 1.807) is 11.3 Å². The second kappa shape index (κ2) is 7.00. The van der Waals surface area contributed by atoms with Gasteiger partial charge in [-0.1, -0.05) is 37.9 Å². The zero-order chi connectivity index (χ0) is 14.6. The number of hydrogen-bond acceptors (Lipinski definition) is 3. The van der Waals surface area contributed by atoms with Gasteiger partial charge in [0.05, 0.1) is 16.9 Å². The molecule has 1 aliphatic carbocycles. The first-order chi connectivity index (χ1) is 9.56. The Balaban J connectivity index is 2.07. The average Bonchev–Trinajstić information content (AvgIpc) is 2.67. The molecular weight excluding hydrogens is 356 g/mol. The van der Waals surface area contributed by atoms with Crippen molar-refractivity contribution in [2.45, 2.75) is 45.1 Å². The molecule has 1 saturated carbocycles. The van der Waals surface area contributed by atoms with Gasteiger partial charge in [0.2, 0.25) is 5.91 Å². The molecule has 0 aromatic carbocycles. The topological polar surface area (TPSA) is 55.1 Å². The van der Waals surface area contributed by atoms with E-state index in [2.05, 4.69) is 21.2 Å². The summed E-state index contributed by atoms with van der Waals surface area (Å²) in [6.07, 6.45) is 5.92. The van der Waals surface area contributed by atoms with E-state index in [9.17, 15) is 4.79 Å². The third-order valence-corrected chi connectivity index (χ3v) is 6.28. The highest BCUT2D eigenvalue weighted by molar-refractivity contribution is 9.10. The molecule has 0 unspecified atom stereocenters. The van der Waals surface area contributed by atoms with Gasteiger partial charge in [0.1, 0.15) is 0 Å². The van der Waals surface area contributed by atoms with Gasteiger partial charge in [-0.2, -0.15) is 0 Å². The molecule has 1 aliphatic rings. The van der Waals surface area contributed by atoms with E-state index in [0.717, 1.165) is 47.9 Å². The number of nitrogens with one attached hydrogen (secondary N) is 1. The highest BCUT2D eigenvalue weighted by Crippen LogP contribution is 2.36. The Morgan fingerprint density at radius 3 is 2.55 bits per heavy atom. The van der Waals surface area contributed by atoms with E-state index in [0.29, 0.717) is 11.5 Å². The Morgan fingerprint density at radius 1 is 1.40 bits per heavy atom. The van der Waals surface area contributed by atoms with Crippen LogP contribution in [0.2, 0.25) is 0 Å². The standard InChI is InChI=1S/C14H19BrN2OS2/c15-10-5-8-20-11(10)9-17-13(18)14(12(16)19)6-3-1-2-4-7-14/h5,8H,1-4,6-7,9H2,(H2,16,19)(H,17,18). The minimum Gasteiger partial charge on any atom is -0.392 e. The number of thiocarbonyl (C=S) groups is 1. The lowest BCUT2D eigenvalue weighted by Gasteiger charge is -2.30. The molecule has 6 heteroatoms. The van der Waals surface area contributed by atoms with Crippen LogP contribution >= 0.6 is 39.5 Å². The Hall–Kier alpha value is -0.460. The summed E-state index contributed by atoms with van der Waals surface area (Å²) in [5.41, 5.74) is 5.27. The first kappa shape index (κ1) is 15.9. The van der Waals surface area contributed by atoms with E-state index < -0.39 is 5.41 Å². The van der Waals surface area contributed by atoms with Crippen LogP contribution in [0.1, 0.15) is 43.4 Å². The van der Waals surface area contributed by atoms with E-state index in [4.69, 9.17) is 18.0 Å². The molecule has 3 nitrogen and oxygen atoms in total. The van der Waals surface area contributed by atoms with Gasteiger partial charge in [-0.3, -0.25) is 4.79 Å². The van der Waals surface area contributed by atoms with Crippen LogP contribution in [0.15, 0.2) is 15.9 Å². The maximum atomic E-state index is 12.6. The number of carbonyl (C=O) groups is 1. The van der Waals surface area contributed by atoms with E-state index in [1.165, 1.54) is 0 Å². The summed E-state index contributed by atoms with van der Waals surface area (Å²) in [6, 6.07) is 1.99. The second-order valence-electron chi connectivity index (χ2n) is 5.23. The number of amides is 1. The van der Waals surface area contributed by atoms with E-state index in [1.807, 2.05) is 11.4 Å². The minimum atomic E-state index is -0.643. The normalized spacial score (nSPS) is 18.2. The van der Waals surface area contributed by atoms with Gasteiger partial charge in [-0.15, -0.1) is 11.3 Å². The van der Waals surface area contributed by atoms with Crippen LogP contribution in [-0.2, 0) is 11.3 Å².